The third-order valence-electron chi connectivity index (χ3n) is 2.26. The lowest BCUT2D eigenvalue weighted by Gasteiger charge is -2.18. The average Bonchev–Trinajstić information content (AvgIpc) is 2.65. The molecule has 0 N–H and O–H groups in total. The third-order valence-corrected chi connectivity index (χ3v) is 4.59. The fourth-order valence-corrected chi connectivity index (χ4v) is 1.80. The maximum Gasteiger partial charge on any atom is 0.151 e. The van der Waals surface area contributed by atoms with Crippen molar-refractivity contribution in [3.8, 4) is 0 Å². The van der Waals surface area contributed by atoms with Gasteiger partial charge in [0.05, 0.1) is 14.2 Å². The van der Waals surface area contributed by atoms with Gasteiger partial charge in [-0.15, -0.1) is 6.58 Å². The molecule has 2 nitrogen and oxygen atoms in total. The van der Waals surface area contributed by atoms with Gasteiger partial charge in [0.1, 0.15) is 6.10 Å². The van der Waals surface area contributed by atoms with Crippen molar-refractivity contribution in [2.45, 2.75) is 38.3 Å². The summed E-state index contributed by atoms with van der Waals surface area (Å²) < 4.78 is 5.13. The molecule has 1 saturated heterocycles. The summed E-state index contributed by atoms with van der Waals surface area (Å²) in [6.07, 6.45) is 1.75. The van der Waals surface area contributed by atoms with Crippen molar-refractivity contribution in [3.05, 3.63) is 11.8 Å². The normalized spacial score (nSPS) is 28.2. The van der Waals surface area contributed by atoms with Gasteiger partial charge in [-0.25, -0.2) is 0 Å². The fraction of sp³-hybridized carbons (Fsp3) is 0.667. The van der Waals surface area contributed by atoms with Crippen LogP contribution in [0, 0.1) is 0 Å². The van der Waals surface area contributed by atoms with Crippen LogP contribution >= 0.6 is 0 Å². The van der Waals surface area contributed by atoms with E-state index in [1.54, 1.807) is 0 Å². The molecular formula is C9H16O2Si. The molecule has 0 aliphatic carbocycles. The highest BCUT2D eigenvalue weighted by Crippen LogP contribution is 2.29. The predicted molar refractivity (Wildman–Crippen MR) is 51.8 cm³/mol. The Morgan fingerprint density at radius 3 is 2.50 bits per heavy atom. The molecule has 1 fully saturated rings. The number of hydrogen-bond donors (Lipinski definition) is 0. The Morgan fingerprint density at radius 1 is 1.58 bits per heavy atom. The minimum Gasteiger partial charge on any atom is -0.361 e. The first-order valence-corrected chi connectivity index (χ1v) is 7.74. The molecule has 1 aliphatic heterocycles. The van der Waals surface area contributed by atoms with Gasteiger partial charge in [-0.05, 0) is 6.42 Å². The molecule has 0 amide bonds. The van der Waals surface area contributed by atoms with Crippen LogP contribution in [-0.2, 0) is 9.53 Å². The smallest absolute Gasteiger partial charge is 0.151 e. The van der Waals surface area contributed by atoms with Crippen LogP contribution in [0.15, 0.2) is 11.8 Å². The molecule has 0 unspecified atom stereocenters. The molecule has 68 valence electrons. The Morgan fingerprint density at radius 2 is 2.17 bits per heavy atom. The molecule has 0 bridgehead atoms. The number of rotatable bonds is 4. The van der Waals surface area contributed by atoms with Crippen LogP contribution in [0.5, 0.6) is 0 Å². The molecule has 1 rings (SSSR count). The molecule has 0 aromatic rings. The first-order valence-electron chi connectivity index (χ1n) is 4.24. The number of hydrogen-bond acceptors (Lipinski definition) is 2. The molecule has 1 aliphatic rings. The quantitative estimate of drug-likeness (QED) is 0.378. The van der Waals surface area contributed by atoms with Crippen molar-refractivity contribution in [1.82, 2.24) is 0 Å². The minimum absolute atomic E-state index is 0.140. The average molecular weight is 184 g/mol. The van der Waals surface area contributed by atoms with Crippen molar-refractivity contribution in [1.29, 1.82) is 0 Å². The molecule has 12 heavy (non-hydrogen) atoms. The van der Waals surface area contributed by atoms with Gasteiger partial charge in [0.2, 0.25) is 0 Å². The fourth-order valence-electron chi connectivity index (χ4n) is 0.989. The molecule has 0 radical (unpaired) electrons. The van der Waals surface area contributed by atoms with E-state index < -0.39 is 8.07 Å². The highest BCUT2D eigenvalue weighted by atomic mass is 28.3. The summed E-state index contributed by atoms with van der Waals surface area (Å²) in [5.41, 5.74) is 0. The van der Waals surface area contributed by atoms with Gasteiger partial charge in [-0.2, -0.15) is 0 Å². The lowest BCUT2D eigenvalue weighted by Crippen LogP contribution is -2.24. The SMILES string of the molecule is C=C(C[C@@H]1O[C@H]1C=O)[Si](C)(C)C. The van der Waals surface area contributed by atoms with Crippen LogP contribution < -0.4 is 0 Å². The zero-order valence-corrected chi connectivity index (χ0v) is 8.96. The Labute approximate surface area is 74.6 Å². The molecule has 0 aromatic carbocycles. The highest BCUT2D eigenvalue weighted by molar-refractivity contribution is 6.82. The predicted octanol–water partition coefficient (Wildman–Crippen LogP) is 1.78. The maximum absolute atomic E-state index is 10.3. The Bertz CT molecular complexity index is 205. The van der Waals surface area contributed by atoms with Crippen LogP contribution in [0.2, 0.25) is 19.6 Å². The lowest BCUT2D eigenvalue weighted by molar-refractivity contribution is -0.108. The van der Waals surface area contributed by atoms with Gasteiger partial charge < -0.3 is 9.53 Å². The molecular weight excluding hydrogens is 168 g/mol. The van der Waals surface area contributed by atoms with E-state index in [9.17, 15) is 4.79 Å². The summed E-state index contributed by atoms with van der Waals surface area (Å²) in [6.45, 7) is 10.8. The van der Waals surface area contributed by atoms with E-state index in [1.165, 1.54) is 5.20 Å². The van der Waals surface area contributed by atoms with Gasteiger partial charge in [0, 0.05) is 0 Å². The van der Waals surface area contributed by atoms with Crippen molar-refractivity contribution < 1.29 is 9.53 Å². The Hall–Kier alpha value is -0.413. The number of epoxide rings is 1. The summed E-state index contributed by atoms with van der Waals surface area (Å²) in [5, 5.41) is 1.29. The molecule has 0 saturated carbocycles. The zero-order valence-electron chi connectivity index (χ0n) is 7.96. The van der Waals surface area contributed by atoms with Gasteiger partial charge >= 0.3 is 0 Å². The topological polar surface area (TPSA) is 29.6 Å². The second kappa shape index (κ2) is 3.15. The van der Waals surface area contributed by atoms with Crippen LogP contribution in [0.3, 0.4) is 0 Å². The van der Waals surface area contributed by atoms with E-state index in [1.807, 2.05) is 0 Å². The van der Waals surface area contributed by atoms with Crippen molar-refractivity contribution in [2.75, 3.05) is 0 Å². The first-order chi connectivity index (χ1) is 5.45. The van der Waals surface area contributed by atoms with Crippen LogP contribution in [0.25, 0.3) is 0 Å². The first kappa shape index (κ1) is 9.67. The lowest BCUT2D eigenvalue weighted by atomic mass is 10.2. The summed E-state index contributed by atoms with van der Waals surface area (Å²) in [7, 11) is -1.22. The second-order valence-corrected chi connectivity index (χ2v) is 9.54. The van der Waals surface area contributed by atoms with E-state index in [2.05, 4.69) is 26.2 Å². The van der Waals surface area contributed by atoms with E-state index >= 15 is 0 Å². The third kappa shape index (κ3) is 2.29. The Kier molecular flexibility index (Phi) is 2.54. The molecule has 2 atom stereocenters. The van der Waals surface area contributed by atoms with Crippen LogP contribution in [-0.4, -0.2) is 26.6 Å². The van der Waals surface area contributed by atoms with Crippen LogP contribution in [0.1, 0.15) is 6.42 Å². The monoisotopic (exact) mass is 184 g/mol. The number of aldehydes is 1. The van der Waals surface area contributed by atoms with Gasteiger partial charge in [0.15, 0.2) is 6.29 Å². The van der Waals surface area contributed by atoms with E-state index in [4.69, 9.17) is 4.74 Å². The van der Waals surface area contributed by atoms with E-state index in [0.29, 0.717) is 0 Å². The minimum atomic E-state index is -1.22. The van der Waals surface area contributed by atoms with Gasteiger partial charge in [-0.3, -0.25) is 0 Å². The maximum atomic E-state index is 10.3. The van der Waals surface area contributed by atoms with Gasteiger partial charge in [0.25, 0.3) is 0 Å². The molecule has 0 aromatic heterocycles. The van der Waals surface area contributed by atoms with Crippen molar-refractivity contribution >= 4 is 14.4 Å². The van der Waals surface area contributed by atoms with Gasteiger partial charge in [-0.1, -0.05) is 24.8 Å². The highest BCUT2D eigenvalue weighted by Gasteiger charge is 2.39. The summed E-state index contributed by atoms with van der Waals surface area (Å²) >= 11 is 0. The number of carbonyl (C=O) groups excluding carboxylic acids is 1. The van der Waals surface area contributed by atoms with Crippen molar-refractivity contribution in [2.24, 2.45) is 0 Å². The summed E-state index contributed by atoms with van der Waals surface area (Å²) in [4.78, 5) is 10.3. The molecule has 3 heteroatoms. The van der Waals surface area contributed by atoms with E-state index in [-0.39, 0.29) is 12.2 Å². The largest absolute Gasteiger partial charge is 0.361 e. The number of carbonyl (C=O) groups is 1. The second-order valence-electron chi connectivity index (χ2n) is 4.33. The zero-order chi connectivity index (χ0) is 9.35. The van der Waals surface area contributed by atoms with Crippen LogP contribution in [0.4, 0.5) is 0 Å². The number of ether oxygens (including phenoxy) is 1. The molecule has 1 heterocycles. The summed E-state index contributed by atoms with van der Waals surface area (Å²) in [6, 6.07) is 0. The Balaban J connectivity index is 2.34. The van der Waals surface area contributed by atoms with E-state index in [0.717, 1.165) is 12.7 Å². The van der Waals surface area contributed by atoms with Crippen molar-refractivity contribution in [3.63, 3.8) is 0 Å². The summed E-state index contributed by atoms with van der Waals surface area (Å²) in [5.74, 6) is 0. The molecule has 0 spiro atoms. The standard InChI is InChI=1S/C9H16O2Si/c1-7(12(2,3)4)5-8-9(6-10)11-8/h6,8-9H,1,5H2,2-4H3/t8-,9-/m0/s1.